The minimum atomic E-state index is -4.04. The summed E-state index contributed by atoms with van der Waals surface area (Å²) >= 11 is 0. The topological polar surface area (TPSA) is 179 Å². The summed E-state index contributed by atoms with van der Waals surface area (Å²) in [5.74, 6) is -0.125. The zero-order valence-corrected chi connectivity index (χ0v) is 20.0. The van der Waals surface area contributed by atoms with Crippen molar-refractivity contribution in [3.63, 3.8) is 0 Å². The maximum atomic E-state index is 12.0. The molecule has 35 heavy (non-hydrogen) atoms. The van der Waals surface area contributed by atoms with Gasteiger partial charge in [-0.05, 0) is 42.0 Å². The summed E-state index contributed by atoms with van der Waals surface area (Å²) in [4.78, 5) is 19.9. The van der Waals surface area contributed by atoms with Crippen molar-refractivity contribution in [1.82, 2.24) is 19.7 Å². The number of sulfone groups is 1. The SMILES string of the molecule is CS(=O)(=O)CS(=O)(=O)Nc1ccc(Nc2ncc3cnn(-c4ccc(CC(N)=O)cc4)c3n2)cc1. The molecule has 0 spiro atoms. The van der Waals surface area contributed by atoms with Crippen LogP contribution in [0.4, 0.5) is 17.3 Å². The van der Waals surface area contributed by atoms with Crippen LogP contribution in [0.5, 0.6) is 0 Å². The van der Waals surface area contributed by atoms with E-state index in [0.29, 0.717) is 16.7 Å². The first-order chi connectivity index (χ1) is 16.5. The number of nitrogens with zero attached hydrogens (tertiary/aromatic N) is 4. The molecule has 0 aliphatic heterocycles. The summed E-state index contributed by atoms with van der Waals surface area (Å²) in [5.41, 5.74) is 8.11. The summed E-state index contributed by atoms with van der Waals surface area (Å²) < 4.78 is 50.3. The number of benzene rings is 2. The van der Waals surface area contributed by atoms with E-state index in [0.717, 1.165) is 17.5 Å². The Hall–Kier alpha value is -4.04. The maximum Gasteiger partial charge on any atom is 0.247 e. The quantitative estimate of drug-likeness (QED) is 0.296. The second-order valence-electron chi connectivity index (χ2n) is 7.80. The fourth-order valence-electron chi connectivity index (χ4n) is 3.26. The van der Waals surface area contributed by atoms with Gasteiger partial charge in [0.15, 0.2) is 20.6 Å². The molecule has 4 rings (SSSR count). The van der Waals surface area contributed by atoms with Gasteiger partial charge >= 0.3 is 0 Å². The van der Waals surface area contributed by atoms with E-state index in [1.807, 2.05) is 12.1 Å². The average Bonchev–Trinajstić information content (AvgIpc) is 3.17. The third-order valence-electron chi connectivity index (χ3n) is 4.65. The van der Waals surface area contributed by atoms with Crippen LogP contribution in [0.3, 0.4) is 0 Å². The zero-order chi connectivity index (χ0) is 25.2. The Labute approximate surface area is 201 Å². The number of fused-ring (bicyclic) bond motifs is 1. The van der Waals surface area contributed by atoms with E-state index in [-0.39, 0.29) is 18.1 Å². The Morgan fingerprint density at radius 1 is 0.971 bits per heavy atom. The monoisotopic (exact) mass is 515 g/mol. The Morgan fingerprint density at radius 2 is 1.63 bits per heavy atom. The van der Waals surface area contributed by atoms with Gasteiger partial charge in [0, 0.05) is 23.8 Å². The average molecular weight is 516 g/mol. The number of nitrogens with one attached hydrogen (secondary N) is 2. The van der Waals surface area contributed by atoms with Crippen molar-refractivity contribution in [2.45, 2.75) is 6.42 Å². The van der Waals surface area contributed by atoms with E-state index in [2.05, 4.69) is 25.1 Å². The Balaban J connectivity index is 1.52. The summed E-state index contributed by atoms with van der Waals surface area (Å²) in [5, 5.41) is 7.11. The van der Waals surface area contributed by atoms with Crippen LogP contribution in [0.2, 0.25) is 0 Å². The molecular weight excluding hydrogens is 494 g/mol. The van der Waals surface area contributed by atoms with Crippen LogP contribution in [0.25, 0.3) is 16.7 Å². The highest BCUT2D eigenvalue weighted by molar-refractivity contribution is 8.08. The van der Waals surface area contributed by atoms with E-state index in [4.69, 9.17) is 5.73 Å². The van der Waals surface area contributed by atoms with Gasteiger partial charge in [-0.2, -0.15) is 10.1 Å². The number of hydrogen-bond donors (Lipinski definition) is 3. The van der Waals surface area contributed by atoms with Gasteiger partial charge < -0.3 is 11.1 Å². The second-order valence-corrected chi connectivity index (χ2v) is 12.0. The predicted octanol–water partition coefficient (Wildman–Crippen LogP) is 1.33. The van der Waals surface area contributed by atoms with Crippen molar-refractivity contribution in [3.05, 3.63) is 66.5 Å². The molecule has 0 saturated carbocycles. The molecule has 2 aromatic carbocycles. The fraction of sp³-hybridized carbons (Fsp3) is 0.143. The van der Waals surface area contributed by atoms with Gasteiger partial charge in [-0.1, -0.05) is 12.1 Å². The van der Waals surface area contributed by atoms with E-state index in [1.165, 1.54) is 12.1 Å². The number of sulfonamides is 1. The lowest BCUT2D eigenvalue weighted by Crippen LogP contribution is -2.22. The third kappa shape index (κ3) is 6.30. The number of hydrogen-bond acceptors (Lipinski definition) is 9. The number of primary amides is 1. The zero-order valence-electron chi connectivity index (χ0n) is 18.4. The van der Waals surface area contributed by atoms with Crippen LogP contribution < -0.4 is 15.8 Å². The van der Waals surface area contributed by atoms with E-state index in [9.17, 15) is 21.6 Å². The fourth-order valence-corrected chi connectivity index (χ4v) is 6.25. The van der Waals surface area contributed by atoms with Gasteiger partial charge in [-0.3, -0.25) is 9.52 Å². The van der Waals surface area contributed by atoms with Gasteiger partial charge in [0.1, 0.15) is 0 Å². The molecule has 1 amide bonds. The first-order valence-corrected chi connectivity index (χ1v) is 13.8. The lowest BCUT2D eigenvalue weighted by Gasteiger charge is -2.09. The molecule has 12 nitrogen and oxygen atoms in total. The summed E-state index contributed by atoms with van der Waals surface area (Å²) in [6, 6.07) is 13.4. The standard InChI is InChI=1S/C21H21N7O5S2/c1-34(30,31)13-35(32,33)27-17-6-4-16(5-7-17)25-21-23-11-15-12-24-28(20(15)26-21)18-8-2-14(3-9-18)10-19(22)29/h2-9,11-12,27H,10,13H2,1H3,(H2,22,29)(H,23,25,26). The van der Waals surface area contributed by atoms with Gasteiger partial charge in [-0.15, -0.1) is 0 Å². The number of anilines is 3. The van der Waals surface area contributed by atoms with Crippen LogP contribution in [0.1, 0.15) is 5.56 Å². The predicted molar refractivity (Wildman–Crippen MR) is 132 cm³/mol. The van der Waals surface area contributed by atoms with Crippen LogP contribution in [-0.4, -0.2) is 53.8 Å². The highest BCUT2D eigenvalue weighted by Gasteiger charge is 2.18. The smallest absolute Gasteiger partial charge is 0.247 e. The Kier molecular flexibility index (Phi) is 6.41. The lowest BCUT2D eigenvalue weighted by atomic mass is 10.1. The summed E-state index contributed by atoms with van der Waals surface area (Å²) in [6.45, 7) is 0. The van der Waals surface area contributed by atoms with Crippen molar-refractivity contribution in [3.8, 4) is 5.69 Å². The van der Waals surface area contributed by atoms with Crippen molar-refractivity contribution in [2.75, 3.05) is 21.4 Å². The highest BCUT2D eigenvalue weighted by Crippen LogP contribution is 2.21. The van der Waals surface area contributed by atoms with Gasteiger partial charge in [-0.25, -0.2) is 26.5 Å². The van der Waals surface area contributed by atoms with Gasteiger partial charge in [0.2, 0.25) is 21.9 Å². The molecule has 2 heterocycles. The second kappa shape index (κ2) is 9.31. The van der Waals surface area contributed by atoms with Crippen molar-refractivity contribution < 1.29 is 21.6 Å². The largest absolute Gasteiger partial charge is 0.369 e. The van der Waals surface area contributed by atoms with Crippen molar-refractivity contribution >= 4 is 54.1 Å². The molecule has 4 aromatic rings. The molecule has 182 valence electrons. The minimum absolute atomic E-state index is 0.147. The van der Waals surface area contributed by atoms with Crippen molar-refractivity contribution in [2.24, 2.45) is 5.73 Å². The number of rotatable bonds is 9. The number of nitrogens with two attached hydrogens (primary N) is 1. The molecule has 0 aliphatic rings. The summed E-state index contributed by atoms with van der Waals surface area (Å²) in [7, 11) is -7.74. The first kappa shape index (κ1) is 24.1. The molecule has 0 fully saturated rings. The van der Waals surface area contributed by atoms with Gasteiger partial charge in [0.05, 0.1) is 23.7 Å². The van der Waals surface area contributed by atoms with E-state index >= 15 is 0 Å². The van der Waals surface area contributed by atoms with Crippen LogP contribution in [-0.2, 0) is 31.1 Å². The lowest BCUT2D eigenvalue weighted by molar-refractivity contribution is -0.117. The Bertz CT molecular complexity index is 1600. The molecule has 4 N–H and O–H groups in total. The number of carbonyl (C=O) groups is 1. The third-order valence-corrected chi connectivity index (χ3v) is 8.15. The van der Waals surface area contributed by atoms with Crippen LogP contribution in [0, 0.1) is 0 Å². The molecular formula is C21H21N7O5S2. The van der Waals surface area contributed by atoms with Crippen LogP contribution >= 0.6 is 0 Å². The molecule has 0 atom stereocenters. The molecule has 0 saturated heterocycles. The Morgan fingerprint density at radius 3 is 2.26 bits per heavy atom. The van der Waals surface area contributed by atoms with Crippen LogP contribution in [0.15, 0.2) is 60.9 Å². The molecule has 0 radical (unpaired) electrons. The highest BCUT2D eigenvalue weighted by atomic mass is 32.3. The van der Waals surface area contributed by atoms with Gasteiger partial charge in [0.25, 0.3) is 0 Å². The molecule has 14 heteroatoms. The number of carbonyl (C=O) groups excluding carboxylic acids is 1. The molecule has 0 unspecified atom stereocenters. The maximum absolute atomic E-state index is 12.0. The molecule has 0 aliphatic carbocycles. The van der Waals surface area contributed by atoms with E-state index < -0.39 is 30.9 Å². The first-order valence-electron chi connectivity index (χ1n) is 10.1. The number of amides is 1. The molecule has 0 bridgehead atoms. The minimum Gasteiger partial charge on any atom is -0.369 e. The summed E-state index contributed by atoms with van der Waals surface area (Å²) in [6.07, 6.45) is 4.24. The van der Waals surface area contributed by atoms with Crippen molar-refractivity contribution in [1.29, 1.82) is 0 Å². The molecule has 2 aromatic heterocycles. The normalized spacial score (nSPS) is 11.9. The number of aromatic nitrogens is 4. The van der Waals surface area contributed by atoms with E-state index in [1.54, 1.807) is 41.3 Å².